The number of aryl methyl sites for hydroxylation is 1. The highest BCUT2D eigenvalue weighted by molar-refractivity contribution is 7.10. The molecule has 2 aromatic heterocycles. The minimum atomic E-state index is -0.120. The molecule has 0 fully saturated rings. The van der Waals surface area contributed by atoms with Crippen molar-refractivity contribution in [2.75, 3.05) is 0 Å². The number of nitrogens with zero attached hydrogens (tertiary/aromatic N) is 2. The van der Waals surface area contributed by atoms with Crippen LogP contribution in [0.25, 0.3) is 5.69 Å². The van der Waals surface area contributed by atoms with Gasteiger partial charge in [0.2, 0.25) is 5.91 Å². The Bertz CT molecular complexity index is 896. The van der Waals surface area contributed by atoms with Gasteiger partial charge in [-0.3, -0.25) is 4.79 Å². The van der Waals surface area contributed by atoms with Crippen molar-refractivity contribution in [3.05, 3.63) is 74.7 Å². The number of thiophene rings is 1. The molecular formula is C19H18ClN3OS. The van der Waals surface area contributed by atoms with Crippen molar-refractivity contribution in [1.82, 2.24) is 9.99 Å². The summed E-state index contributed by atoms with van der Waals surface area (Å²) < 4.78 is 2.13. The van der Waals surface area contributed by atoms with E-state index in [0.29, 0.717) is 11.4 Å². The summed E-state index contributed by atoms with van der Waals surface area (Å²) >= 11 is 7.52. The topological polar surface area (TPSA) is 46.4 Å². The summed E-state index contributed by atoms with van der Waals surface area (Å²) in [5, 5.41) is 6.76. The highest BCUT2D eigenvalue weighted by Gasteiger charge is 2.09. The van der Waals surface area contributed by atoms with E-state index in [1.54, 1.807) is 17.6 Å². The summed E-state index contributed by atoms with van der Waals surface area (Å²) in [5.74, 6) is -0.120. The van der Waals surface area contributed by atoms with Gasteiger partial charge in [0.25, 0.3) is 0 Å². The molecule has 0 aliphatic heterocycles. The van der Waals surface area contributed by atoms with Crippen LogP contribution in [-0.4, -0.2) is 16.7 Å². The number of hydrogen-bond acceptors (Lipinski definition) is 3. The van der Waals surface area contributed by atoms with Crippen molar-refractivity contribution in [3.63, 3.8) is 0 Å². The number of rotatable bonds is 5. The second kappa shape index (κ2) is 7.68. The monoisotopic (exact) mass is 371 g/mol. The van der Waals surface area contributed by atoms with Crippen molar-refractivity contribution in [1.29, 1.82) is 0 Å². The third-order valence-electron chi connectivity index (χ3n) is 3.86. The number of carbonyl (C=O) groups is 1. The van der Waals surface area contributed by atoms with Gasteiger partial charge in [0.1, 0.15) is 0 Å². The summed E-state index contributed by atoms with van der Waals surface area (Å²) in [5.41, 5.74) is 6.73. The van der Waals surface area contributed by atoms with Gasteiger partial charge in [-0.1, -0.05) is 17.7 Å². The molecule has 6 heteroatoms. The molecule has 0 aliphatic carbocycles. The molecule has 0 unspecified atom stereocenters. The van der Waals surface area contributed by atoms with Crippen LogP contribution in [0.2, 0.25) is 5.02 Å². The molecule has 3 aromatic rings. The lowest BCUT2D eigenvalue weighted by atomic mass is 10.2. The van der Waals surface area contributed by atoms with E-state index >= 15 is 0 Å². The van der Waals surface area contributed by atoms with Gasteiger partial charge in [-0.05, 0) is 55.6 Å². The molecule has 0 saturated heterocycles. The van der Waals surface area contributed by atoms with Gasteiger partial charge in [0.15, 0.2) is 0 Å². The first kappa shape index (κ1) is 17.5. The third kappa shape index (κ3) is 4.18. The SMILES string of the molecule is Cc1cc(/C=N\NC(=O)Cc2cccs2)c(C)n1-c1ccc(Cl)cc1. The fourth-order valence-electron chi connectivity index (χ4n) is 2.69. The molecule has 0 radical (unpaired) electrons. The van der Waals surface area contributed by atoms with Gasteiger partial charge in [-0.2, -0.15) is 5.10 Å². The Kier molecular flexibility index (Phi) is 5.36. The van der Waals surface area contributed by atoms with Gasteiger partial charge in [0.05, 0.1) is 12.6 Å². The van der Waals surface area contributed by atoms with E-state index < -0.39 is 0 Å². The van der Waals surface area contributed by atoms with Crippen LogP contribution in [0.5, 0.6) is 0 Å². The number of benzene rings is 1. The highest BCUT2D eigenvalue weighted by Crippen LogP contribution is 2.21. The average Bonchev–Trinajstić information content (AvgIpc) is 3.17. The minimum absolute atomic E-state index is 0.120. The molecular weight excluding hydrogens is 354 g/mol. The maximum absolute atomic E-state index is 11.9. The number of nitrogens with one attached hydrogen (secondary N) is 1. The second-order valence-corrected chi connectivity index (χ2v) is 7.16. The molecule has 1 N–H and O–H groups in total. The zero-order valence-corrected chi connectivity index (χ0v) is 15.6. The van der Waals surface area contributed by atoms with Crippen molar-refractivity contribution >= 4 is 35.1 Å². The van der Waals surface area contributed by atoms with Crippen molar-refractivity contribution < 1.29 is 4.79 Å². The molecule has 0 aliphatic rings. The first-order valence-electron chi connectivity index (χ1n) is 7.84. The standard InChI is InChI=1S/C19H18ClN3OS/c1-13-10-15(12-21-22-19(24)11-18-4-3-9-25-18)14(2)23(13)17-7-5-16(20)6-8-17/h3-10,12H,11H2,1-2H3,(H,22,24)/b21-12-. The van der Waals surface area contributed by atoms with E-state index in [-0.39, 0.29) is 5.91 Å². The Hall–Kier alpha value is -2.37. The fourth-order valence-corrected chi connectivity index (χ4v) is 3.52. The molecule has 1 aromatic carbocycles. The molecule has 4 nitrogen and oxygen atoms in total. The van der Waals surface area contributed by atoms with Gasteiger partial charge in [0, 0.05) is 32.5 Å². The Morgan fingerprint density at radius 1 is 1.28 bits per heavy atom. The smallest absolute Gasteiger partial charge is 0.245 e. The highest BCUT2D eigenvalue weighted by atomic mass is 35.5. The van der Waals surface area contributed by atoms with Crippen LogP contribution in [0.3, 0.4) is 0 Å². The summed E-state index contributed by atoms with van der Waals surface area (Å²) in [6, 6.07) is 13.6. The van der Waals surface area contributed by atoms with Crippen molar-refractivity contribution in [3.8, 4) is 5.69 Å². The van der Waals surface area contributed by atoms with E-state index in [1.165, 1.54) is 0 Å². The lowest BCUT2D eigenvalue weighted by Gasteiger charge is -2.09. The third-order valence-corrected chi connectivity index (χ3v) is 4.99. The summed E-state index contributed by atoms with van der Waals surface area (Å²) in [6.07, 6.45) is 2.03. The van der Waals surface area contributed by atoms with Gasteiger partial charge in [-0.15, -0.1) is 11.3 Å². The fraction of sp³-hybridized carbons (Fsp3) is 0.158. The summed E-state index contributed by atoms with van der Waals surface area (Å²) in [6.45, 7) is 4.06. The van der Waals surface area contributed by atoms with Crippen molar-refractivity contribution in [2.45, 2.75) is 20.3 Å². The van der Waals surface area contributed by atoms with Crippen molar-refractivity contribution in [2.24, 2.45) is 5.10 Å². The minimum Gasteiger partial charge on any atom is -0.318 e. The van der Waals surface area contributed by atoms with Crippen LogP contribution in [0, 0.1) is 13.8 Å². The predicted octanol–water partition coefficient (Wildman–Crippen LogP) is 4.50. The molecule has 3 rings (SSSR count). The maximum Gasteiger partial charge on any atom is 0.245 e. The van der Waals surface area contributed by atoms with Gasteiger partial charge in [-0.25, -0.2) is 5.43 Å². The average molecular weight is 372 g/mol. The van der Waals surface area contributed by atoms with Gasteiger partial charge < -0.3 is 4.57 Å². The summed E-state index contributed by atoms with van der Waals surface area (Å²) in [7, 11) is 0. The molecule has 128 valence electrons. The Labute approximate surface area is 155 Å². The van der Waals surface area contributed by atoms with Crippen LogP contribution in [0.15, 0.2) is 52.9 Å². The first-order valence-corrected chi connectivity index (χ1v) is 9.09. The van der Waals surface area contributed by atoms with Crippen LogP contribution in [-0.2, 0) is 11.2 Å². The lowest BCUT2D eigenvalue weighted by molar-refractivity contribution is -0.120. The van der Waals surface area contributed by atoms with Crippen LogP contribution >= 0.6 is 22.9 Å². The Morgan fingerprint density at radius 3 is 2.72 bits per heavy atom. The van der Waals surface area contributed by atoms with Crippen LogP contribution in [0.4, 0.5) is 0 Å². The number of carbonyl (C=O) groups excluding carboxylic acids is 1. The normalized spacial score (nSPS) is 11.2. The van der Waals surface area contributed by atoms with E-state index in [2.05, 4.69) is 15.1 Å². The second-order valence-electron chi connectivity index (χ2n) is 5.69. The predicted molar refractivity (Wildman–Crippen MR) is 104 cm³/mol. The molecule has 0 bridgehead atoms. The van der Waals surface area contributed by atoms with Crippen LogP contribution < -0.4 is 5.43 Å². The molecule has 0 saturated carbocycles. The Balaban J connectivity index is 1.72. The Morgan fingerprint density at radius 2 is 2.04 bits per heavy atom. The van der Waals surface area contributed by atoms with E-state index in [4.69, 9.17) is 11.6 Å². The van der Waals surface area contributed by atoms with Gasteiger partial charge >= 0.3 is 0 Å². The molecule has 25 heavy (non-hydrogen) atoms. The largest absolute Gasteiger partial charge is 0.318 e. The summed E-state index contributed by atoms with van der Waals surface area (Å²) in [4.78, 5) is 12.9. The molecule has 0 atom stereocenters. The van der Waals surface area contributed by atoms with E-state index in [1.807, 2.05) is 61.7 Å². The molecule has 2 heterocycles. The first-order chi connectivity index (χ1) is 12.0. The number of amides is 1. The molecule has 0 spiro atoms. The molecule has 1 amide bonds. The van der Waals surface area contributed by atoms with Crippen LogP contribution in [0.1, 0.15) is 21.8 Å². The quantitative estimate of drug-likeness (QED) is 0.521. The lowest BCUT2D eigenvalue weighted by Crippen LogP contribution is -2.19. The maximum atomic E-state index is 11.9. The number of hydrogen-bond donors (Lipinski definition) is 1. The number of aromatic nitrogens is 1. The number of halogens is 1. The van der Waals surface area contributed by atoms with E-state index in [0.717, 1.165) is 27.5 Å². The number of hydrazone groups is 1. The zero-order valence-electron chi connectivity index (χ0n) is 14.0. The van der Waals surface area contributed by atoms with E-state index in [9.17, 15) is 4.79 Å². The zero-order chi connectivity index (χ0) is 17.8.